The van der Waals surface area contributed by atoms with Crippen LogP contribution in [0.25, 0.3) is 16.7 Å². The SMILES string of the molecule is CN(C)c1nc(N2CCN(Cc3ccc4c(c3)OCO4)CC2)c2cnn(-c3ccccc3)c2n1. The number of fused-ring (bicyclic) bond motifs is 2. The Kier molecular flexibility index (Phi) is 5.18. The summed E-state index contributed by atoms with van der Waals surface area (Å²) in [5, 5.41) is 5.63. The average molecular weight is 458 g/mol. The summed E-state index contributed by atoms with van der Waals surface area (Å²) in [4.78, 5) is 16.5. The van der Waals surface area contributed by atoms with E-state index in [1.807, 2.05) is 66.3 Å². The molecule has 4 aromatic rings. The molecule has 1 saturated heterocycles. The highest BCUT2D eigenvalue weighted by Gasteiger charge is 2.24. The lowest BCUT2D eigenvalue weighted by atomic mass is 10.1. The number of anilines is 2. The van der Waals surface area contributed by atoms with Crippen LogP contribution in [0.1, 0.15) is 5.56 Å². The van der Waals surface area contributed by atoms with Crippen LogP contribution in [0, 0.1) is 0 Å². The molecule has 174 valence electrons. The van der Waals surface area contributed by atoms with Crippen LogP contribution >= 0.6 is 0 Å². The summed E-state index contributed by atoms with van der Waals surface area (Å²) in [5.41, 5.74) is 3.05. The number of benzene rings is 2. The van der Waals surface area contributed by atoms with Gasteiger partial charge >= 0.3 is 0 Å². The Bertz CT molecular complexity index is 1310. The molecular formula is C25H27N7O2. The van der Waals surface area contributed by atoms with Gasteiger partial charge in [0.2, 0.25) is 12.7 Å². The molecule has 2 aliphatic rings. The first kappa shape index (κ1) is 20.7. The van der Waals surface area contributed by atoms with Crippen LogP contribution < -0.4 is 19.3 Å². The van der Waals surface area contributed by atoms with Crippen LogP contribution in [0.4, 0.5) is 11.8 Å². The minimum absolute atomic E-state index is 0.306. The maximum Gasteiger partial charge on any atom is 0.231 e. The molecule has 6 rings (SSSR count). The number of rotatable bonds is 5. The van der Waals surface area contributed by atoms with Crippen LogP contribution in [0.15, 0.2) is 54.7 Å². The molecule has 0 radical (unpaired) electrons. The molecule has 0 aliphatic carbocycles. The van der Waals surface area contributed by atoms with E-state index in [-0.39, 0.29) is 0 Å². The van der Waals surface area contributed by atoms with E-state index in [2.05, 4.69) is 27.0 Å². The molecule has 0 amide bonds. The second-order valence-corrected chi connectivity index (χ2v) is 8.82. The normalized spacial score (nSPS) is 15.8. The molecule has 9 heteroatoms. The molecule has 0 bridgehead atoms. The molecule has 2 aromatic heterocycles. The molecule has 0 unspecified atom stereocenters. The monoisotopic (exact) mass is 457 g/mol. The van der Waals surface area contributed by atoms with Crippen molar-refractivity contribution in [2.45, 2.75) is 6.54 Å². The molecule has 34 heavy (non-hydrogen) atoms. The third kappa shape index (κ3) is 3.77. The lowest BCUT2D eigenvalue weighted by Crippen LogP contribution is -2.46. The minimum Gasteiger partial charge on any atom is -0.454 e. The lowest BCUT2D eigenvalue weighted by molar-refractivity contribution is 0.174. The Morgan fingerprint density at radius 3 is 2.50 bits per heavy atom. The Balaban J connectivity index is 1.24. The maximum atomic E-state index is 5.53. The molecule has 0 saturated carbocycles. The Hall–Kier alpha value is -3.85. The molecule has 0 spiro atoms. The number of aromatic nitrogens is 4. The van der Waals surface area contributed by atoms with E-state index in [0.29, 0.717) is 12.7 Å². The molecule has 9 nitrogen and oxygen atoms in total. The van der Waals surface area contributed by atoms with E-state index in [0.717, 1.165) is 66.8 Å². The van der Waals surface area contributed by atoms with Gasteiger partial charge in [-0.3, -0.25) is 4.90 Å². The first-order valence-electron chi connectivity index (χ1n) is 11.5. The number of nitrogens with zero attached hydrogens (tertiary/aromatic N) is 7. The summed E-state index contributed by atoms with van der Waals surface area (Å²) >= 11 is 0. The van der Waals surface area contributed by atoms with Crippen molar-refractivity contribution in [1.29, 1.82) is 0 Å². The average Bonchev–Trinajstić information content (AvgIpc) is 3.51. The Morgan fingerprint density at radius 2 is 1.71 bits per heavy atom. The van der Waals surface area contributed by atoms with E-state index in [1.54, 1.807) is 0 Å². The summed E-state index contributed by atoms with van der Waals surface area (Å²) in [6, 6.07) is 16.3. The zero-order valence-electron chi connectivity index (χ0n) is 19.4. The van der Waals surface area contributed by atoms with Crippen LogP contribution in [-0.4, -0.2) is 71.7 Å². The summed E-state index contributed by atoms with van der Waals surface area (Å²) in [5.74, 6) is 3.29. The van der Waals surface area contributed by atoms with Gasteiger partial charge in [-0.2, -0.15) is 15.1 Å². The van der Waals surface area contributed by atoms with Gasteiger partial charge in [-0.05, 0) is 29.8 Å². The minimum atomic E-state index is 0.306. The van der Waals surface area contributed by atoms with Gasteiger partial charge in [0.25, 0.3) is 0 Å². The van der Waals surface area contributed by atoms with Gasteiger partial charge in [0.05, 0.1) is 17.3 Å². The third-order valence-electron chi connectivity index (χ3n) is 6.31. The quantitative estimate of drug-likeness (QED) is 0.453. The van der Waals surface area contributed by atoms with Gasteiger partial charge < -0.3 is 19.3 Å². The summed E-state index contributed by atoms with van der Waals surface area (Å²) in [6.45, 7) is 4.87. The van der Waals surface area contributed by atoms with Crippen LogP contribution in [0.5, 0.6) is 11.5 Å². The second-order valence-electron chi connectivity index (χ2n) is 8.82. The first-order valence-corrected chi connectivity index (χ1v) is 11.5. The lowest BCUT2D eigenvalue weighted by Gasteiger charge is -2.35. The molecular weight excluding hydrogens is 430 g/mol. The number of hydrogen-bond acceptors (Lipinski definition) is 8. The van der Waals surface area contributed by atoms with Crippen molar-refractivity contribution in [1.82, 2.24) is 24.6 Å². The van der Waals surface area contributed by atoms with Crippen molar-refractivity contribution < 1.29 is 9.47 Å². The van der Waals surface area contributed by atoms with Crippen molar-refractivity contribution in [3.05, 3.63) is 60.3 Å². The molecule has 1 fully saturated rings. The smallest absolute Gasteiger partial charge is 0.231 e. The number of hydrogen-bond donors (Lipinski definition) is 0. The van der Waals surface area contributed by atoms with Crippen molar-refractivity contribution in [3.8, 4) is 17.2 Å². The highest BCUT2D eigenvalue weighted by molar-refractivity contribution is 5.89. The van der Waals surface area contributed by atoms with E-state index >= 15 is 0 Å². The summed E-state index contributed by atoms with van der Waals surface area (Å²) in [6.07, 6.45) is 1.89. The first-order chi connectivity index (χ1) is 16.7. The predicted molar refractivity (Wildman–Crippen MR) is 131 cm³/mol. The van der Waals surface area contributed by atoms with Crippen LogP contribution in [0.2, 0.25) is 0 Å². The zero-order valence-corrected chi connectivity index (χ0v) is 19.4. The number of para-hydroxylation sites is 1. The fourth-order valence-corrected chi connectivity index (χ4v) is 4.50. The molecule has 4 heterocycles. The molecule has 2 aliphatic heterocycles. The predicted octanol–water partition coefficient (Wildman–Crippen LogP) is 2.93. The Morgan fingerprint density at radius 1 is 0.912 bits per heavy atom. The van der Waals surface area contributed by atoms with Gasteiger partial charge in [-0.15, -0.1) is 0 Å². The van der Waals surface area contributed by atoms with Crippen molar-refractivity contribution >= 4 is 22.8 Å². The fourth-order valence-electron chi connectivity index (χ4n) is 4.50. The standard InChI is InChI=1S/C25H27N7O2/c1-29(2)25-27-23(20-15-26-32(24(20)28-25)19-6-4-3-5-7-19)31-12-10-30(11-13-31)16-18-8-9-21-22(14-18)34-17-33-21/h3-9,14-15H,10-13,16-17H2,1-2H3. The Labute approximate surface area is 198 Å². The highest BCUT2D eigenvalue weighted by atomic mass is 16.7. The van der Waals surface area contributed by atoms with E-state index in [1.165, 1.54) is 5.56 Å². The second kappa shape index (κ2) is 8.49. The number of ether oxygens (including phenoxy) is 2. The van der Waals surface area contributed by atoms with Crippen LogP contribution in [-0.2, 0) is 6.54 Å². The summed E-state index contributed by atoms with van der Waals surface area (Å²) in [7, 11) is 3.94. The van der Waals surface area contributed by atoms with Crippen LogP contribution in [0.3, 0.4) is 0 Å². The van der Waals surface area contributed by atoms with Gasteiger partial charge in [-0.1, -0.05) is 24.3 Å². The van der Waals surface area contributed by atoms with E-state index in [9.17, 15) is 0 Å². The van der Waals surface area contributed by atoms with Gasteiger partial charge in [0.15, 0.2) is 17.1 Å². The van der Waals surface area contributed by atoms with Gasteiger partial charge in [0.1, 0.15) is 5.82 Å². The molecule has 2 aromatic carbocycles. The van der Waals surface area contributed by atoms with Gasteiger partial charge in [-0.25, -0.2) is 4.68 Å². The zero-order chi connectivity index (χ0) is 23.1. The number of piperazine rings is 1. The highest BCUT2D eigenvalue weighted by Crippen LogP contribution is 2.33. The maximum absolute atomic E-state index is 5.53. The van der Waals surface area contributed by atoms with E-state index in [4.69, 9.17) is 19.4 Å². The third-order valence-corrected chi connectivity index (χ3v) is 6.31. The van der Waals surface area contributed by atoms with E-state index < -0.39 is 0 Å². The van der Waals surface area contributed by atoms with Gasteiger partial charge in [0, 0.05) is 46.8 Å². The largest absolute Gasteiger partial charge is 0.454 e. The van der Waals surface area contributed by atoms with Crippen molar-refractivity contribution in [2.24, 2.45) is 0 Å². The van der Waals surface area contributed by atoms with Crippen molar-refractivity contribution in [3.63, 3.8) is 0 Å². The topological polar surface area (TPSA) is 71.8 Å². The molecule has 0 atom stereocenters. The van der Waals surface area contributed by atoms with Crippen molar-refractivity contribution in [2.75, 3.05) is 56.9 Å². The molecule has 0 N–H and O–H groups in total. The fraction of sp³-hybridized carbons (Fsp3) is 0.320. The summed E-state index contributed by atoms with van der Waals surface area (Å²) < 4.78 is 12.9.